The molecule has 2 aliphatic rings. The van der Waals surface area contributed by atoms with Crippen molar-refractivity contribution in [3.8, 4) is 0 Å². The second-order valence-electron chi connectivity index (χ2n) is 7.75. The molecule has 2 heterocycles. The topological polar surface area (TPSA) is 18.5 Å². The van der Waals surface area contributed by atoms with Crippen LogP contribution in [0.1, 0.15) is 37.8 Å². The maximum atomic E-state index is 5.39. The summed E-state index contributed by atoms with van der Waals surface area (Å²) >= 11 is 0. The Morgan fingerprint density at radius 1 is 0.690 bits per heavy atom. The van der Waals surface area contributed by atoms with Crippen molar-refractivity contribution in [1.29, 1.82) is 0 Å². The van der Waals surface area contributed by atoms with E-state index >= 15 is 0 Å². The van der Waals surface area contributed by atoms with E-state index in [2.05, 4.69) is 69.3 Å². The third-order valence-corrected chi connectivity index (χ3v) is 9.96. The van der Waals surface area contributed by atoms with Crippen molar-refractivity contribution in [2.75, 3.05) is 49.4 Å². The van der Waals surface area contributed by atoms with Gasteiger partial charge in [-0.1, -0.05) is 45.0 Å². The van der Waals surface area contributed by atoms with Crippen LogP contribution >= 0.6 is 0 Å². The van der Waals surface area contributed by atoms with Crippen molar-refractivity contribution >= 4 is 21.8 Å². The first-order valence-corrected chi connectivity index (χ1v) is 14.0. The van der Waals surface area contributed by atoms with Gasteiger partial charge in [-0.25, -0.2) is 0 Å². The van der Waals surface area contributed by atoms with Gasteiger partial charge in [0.25, 0.3) is 0 Å². The molecule has 0 radical (unpaired) electrons. The van der Waals surface area contributed by atoms with Gasteiger partial charge in [-0.3, -0.25) is 0 Å². The van der Waals surface area contributed by atoms with Crippen molar-refractivity contribution in [2.45, 2.75) is 42.9 Å². The van der Waals surface area contributed by atoms with Gasteiger partial charge < -0.3 is 9.47 Å². The quantitative estimate of drug-likeness (QED) is 0.628. The molecule has 0 unspecified atom stereocenters. The lowest BCUT2D eigenvalue weighted by Gasteiger charge is -2.14. The number of benzene rings is 2. The highest BCUT2D eigenvalue weighted by Gasteiger charge is 2.25. The lowest BCUT2D eigenvalue weighted by Crippen LogP contribution is -2.26. The number of hydrogen-bond acceptors (Lipinski definition) is 2. The molecule has 2 nitrogen and oxygen atoms in total. The molecular weight excluding hydrogens is 396 g/mol. The van der Waals surface area contributed by atoms with Crippen molar-refractivity contribution in [3.05, 3.63) is 59.7 Å². The van der Waals surface area contributed by atoms with Gasteiger partial charge in [0, 0.05) is 21.8 Å². The molecule has 2 aromatic rings. The second kappa shape index (κ2) is 12.0. The van der Waals surface area contributed by atoms with Gasteiger partial charge >= 0.3 is 0 Å². The summed E-state index contributed by atoms with van der Waals surface area (Å²) in [6.45, 7) is 10.4. The van der Waals surface area contributed by atoms with Crippen molar-refractivity contribution in [3.63, 3.8) is 0 Å². The Morgan fingerprint density at radius 3 is 1.48 bits per heavy atom. The van der Waals surface area contributed by atoms with Crippen LogP contribution in [0.2, 0.25) is 0 Å². The summed E-state index contributed by atoms with van der Waals surface area (Å²) in [5.41, 5.74) is 2.88. The van der Waals surface area contributed by atoms with Crippen LogP contribution in [0.3, 0.4) is 0 Å². The fourth-order valence-electron chi connectivity index (χ4n) is 3.48. The fourth-order valence-corrected chi connectivity index (χ4v) is 7.15. The van der Waals surface area contributed by atoms with Crippen LogP contribution in [0.4, 0.5) is 0 Å². The Kier molecular flexibility index (Phi) is 9.44. The Bertz CT molecular complexity index is 701. The number of hydrogen-bond donors (Lipinski definition) is 0. The molecular formula is C25H36O2S2+2. The molecule has 2 aliphatic heterocycles. The predicted octanol–water partition coefficient (Wildman–Crippen LogP) is 5.07. The van der Waals surface area contributed by atoms with Gasteiger partial charge in [-0.2, -0.15) is 0 Å². The summed E-state index contributed by atoms with van der Waals surface area (Å²) in [5.74, 6) is 5.48. The first kappa shape index (κ1) is 22.7. The average molecular weight is 433 g/mol. The van der Waals surface area contributed by atoms with E-state index in [9.17, 15) is 0 Å². The molecule has 0 aliphatic carbocycles. The maximum absolute atomic E-state index is 5.39. The fraction of sp³-hybridized carbons (Fsp3) is 0.520. The summed E-state index contributed by atoms with van der Waals surface area (Å²) in [5, 5.41) is 0. The molecule has 4 heteroatoms. The first-order chi connectivity index (χ1) is 14.2. The van der Waals surface area contributed by atoms with Crippen LogP contribution in [0, 0.1) is 0 Å². The molecule has 0 saturated carbocycles. The summed E-state index contributed by atoms with van der Waals surface area (Å²) in [4.78, 5) is 3.04. The van der Waals surface area contributed by atoms with Gasteiger partial charge in [-0.15, -0.1) is 0 Å². The van der Waals surface area contributed by atoms with Crippen LogP contribution in [0.15, 0.2) is 58.3 Å². The number of aryl methyl sites for hydroxylation is 1. The van der Waals surface area contributed by atoms with E-state index in [-0.39, 0.29) is 0 Å². The van der Waals surface area contributed by atoms with E-state index < -0.39 is 0 Å². The number of rotatable bonds is 4. The highest BCUT2D eigenvalue weighted by molar-refractivity contribution is 7.97. The molecule has 0 bridgehead atoms. The van der Waals surface area contributed by atoms with Crippen LogP contribution in [-0.4, -0.2) is 49.4 Å². The highest BCUT2D eigenvalue weighted by Crippen LogP contribution is 2.21. The van der Waals surface area contributed by atoms with Crippen molar-refractivity contribution < 1.29 is 9.47 Å². The van der Waals surface area contributed by atoms with Gasteiger partial charge in [0.05, 0.1) is 26.4 Å². The lowest BCUT2D eigenvalue weighted by molar-refractivity contribution is 0.159. The van der Waals surface area contributed by atoms with E-state index in [1.807, 2.05) is 0 Å². The van der Waals surface area contributed by atoms with Crippen LogP contribution < -0.4 is 0 Å². The van der Waals surface area contributed by atoms with Crippen molar-refractivity contribution in [2.24, 2.45) is 0 Å². The van der Waals surface area contributed by atoms with Gasteiger partial charge in [0.1, 0.15) is 23.0 Å². The standard InChI is InChI=1S/C13H19OS.C12H17OS/c1-11(2)12-3-5-13(6-4-12)15-9-7-14-8-10-15;1-2-11-3-5-12(6-4-11)14-9-7-13-8-10-14/h3-6,11H,7-10H2,1-2H3;3-6H,2,7-10H2,1H3/q2*+1. The molecule has 2 fully saturated rings. The molecule has 0 atom stereocenters. The molecule has 0 aromatic heterocycles. The Morgan fingerprint density at radius 2 is 1.10 bits per heavy atom. The Balaban J connectivity index is 0.000000166. The highest BCUT2D eigenvalue weighted by atomic mass is 32.2. The van der Waals surface area contributed by atoms with Crippen LogP contribution in [0.25, 0.3) is 0 Å². The molecule has 4 rings (SSSR count). The molecule has 0 amide bonds. The summed E-state index contributed by atoms with van der Waals surface area (Å²) in [7, 11) is 0.902. The van der Waals surface area contributed by atoms with Gasteiger partial charge in [-0.05, 0) is 47.7 Å². The van der Waals surface area contributed by atoms with E-state index in [1.54, 1.807) is 0 Å². The Labute approximate surface area is 183 Å². The summed E-state index contributed by atoms with van der Waals surface area (Å²) in [6, 6.07) is 18.3. The third kappa shape index (κ3) is 7.06. The SMILES string of the molecule is CC(C)c1ccc([S+]2CCOCC2)cc1.CCc1ccc([S+]2CCOCC2)cc1. The Hall–Kier alpha value is -0.940. The smallest absolute Gasteiger partial charge is 0.155 e. The molecule has 158 valence electrons. The average Bonchev–Trinajstić information content (AvgIpc) is 2.81. The zero-order valence-electron chi connectivity index (χ0n) is 18.2. The zero-order valence-corrected chi connectivity index (χ0v) is 19.8. The minimum absolute atomic E-state index is 0.445. The summed E-state index contributed by atoms with van der Waals surface area (Å²) in [6.07, 6.45) is 1.14. The van der Waals surface area contributed by atoms with Crippen LogP contribution in [0.5, 0.6) is 0 Å². The maximum Gasteiger partial charge on any atom is 0.155 e. The summed E-state index contributed by atoms with van der Waals surface area (Å²) < 4.78 is 10.8. The van der Waals surface area contributed by atoms with Gasteiger partial charge in [0.15, 0.2) is 9.79 Å². The minimum atomic E-state index is 0.445. The monoisotopic (exact) mass is 432 g/mol. The second-order valence-corrected chi connectivity index (χ2v) is 12.3. The van der Waals surface area contributed by atoms with Crippen molar-refractivity contribution in [1.82, 2.24) is 0 Å². The van der Waals surface area contributed by atoms with E-state index in [0.717, 1.165) is 32.8 Å². The zero-order chi connectivity index (χ0) is 20.5. The first-order valence-electron chi connectivity index (χ1n) is 10.9. The molecule has 2 aromatic carbocycles. The lowest BCUT2D eigenvalue weighted by atomic mass is 10.0. The van der Waals surface area contributed by atoms with E-state index in [1.165, 1.54) is 43.9 Å². The normalized spacial score (nSPS) is 18.3. The minimum Gasteiger partial charge on any atom is -0.372 e. The van der Waals surface area contributed by atoms with E-state index in [4.69, 9.17) is 9.47 Å². The molecule has 0 N–H and O–H groups in total. The molecule has 2 saturated heterocycles. The van der Waals surface area contributed by atoms with Gasteiger partial charge in [0.2, 0.25) is 0 Å². The third-order valence-electron chi connectivity index (χ3n) is 5.44. The molecule has 29 heavy (non-hydrogen) atoms. The molecule has 0 spiro atoms. The number of ether oxygens (including phenoxy) is 2. The van der Waals surface area contributed by atoms with Crippen LogP contribution in [-0.2, 0) is 37.7 Å². The predicted molar refractivity (Wildman–Crippen MR) is 129 cm³/mol. The van der Waals surface area contributed by atoms with E-state index in [0.29, 0.717) is 27.7 Å². The largest absolute Gasteiger partial charge is 0.372 e.